The lowest BCUT2D eigenvalue weighted by molar-refractivity contribution is -0.121. The SMILES string of the molecule is CCN=C(NCC)S[C@@H]1CC(=O)N(c2cccc(OC)c2)C1=O. The van der Waals surface area contributed by atoms with E-state index in [1.807, 2.05) is 13.8 Å². The molecule has 1 aliphatic rings. The maximum Gasteiger partial charge on any atom is 0.247 e. The van der Waals surface area contributed by atoms with Gasteiger partial charge in [0.1, 0.15) is 11.0 Å². The number of imide groups is 1. The van der Waals surface area contributed by atoms with Gasteiger partial charge in [-0.2, -0.15) is 0 Å². The summed E-state index contributed by atoms with van der Waals surface area (Å²) in [6.07, 6.45) is 0.175. The molecule has 1 aromatic rings. The Morgan fingerprint density at radius 1 is 1.43 bits per heavy atom. The summed E-state index contributed by atoms with van der Waals surface area (Å²) < 4.78 is 5.16. The van der Waals surface area contributed by atoms with Crippen LogP contribution in [0.25, 0.3) is 0 Å². The number of carbonyl (C=O) groups excluding carboxylic acids is 2. The first-order valence-electron chi connectivity index (χ1n) is 7.56. The lowest BCUT2D eigenvalue weighted by Crippen LogP contribution is -2.32. The summed E-state index contributed by atoms with van der Waals surface area (Å²) in [6.45, 7) is 5.25. The zero-order valence-electron chi connectivity index (χ0n) is 13.5. The number of carbonyl (C=O) groups is 2. The van der Waals surface area contributed by atoms with Gasteiger partial charge in [-0.15, -0.1) is 0 Å². The largest absolute Gasteiger partial charge is 0.497 e. The van der Waals surface area contributed by atoms with Gasteiger partial charge in [-0.05, 0) is 26.0 Å². The Hall–Kier alpha value is -2.02. The normalized spacial score (nSPS) is 18.5. The second-order valence-corrected chi connectivity index (χ2v) is 6.08. The number of aliphatic imine (C=N–C) groups is 1. The zero-order chi connectivity index (χ0) is 16.8. The van der Waals surface area contributed by atoms with E-state index < -0.39 is 5.25 Å². The number of benzene rings is 1. The van der Waals surface area contributed by atoms with Crippen molar-refractivity contribution < 1.29 is 14.3 Å². The molecule has 1 atom stereocenters. The number of methoxy groups -OCH3 is 1. The predicted molar refractivity (Wildman–Crippen MR) is 93.1 cm³/mol. The minimum atomic E-state index is -0.446. The van der Waals surface area contributed by atoms with Crippen LogP contribution < -0.4 is 15.0 Å². The molecule has 0 unspecified atom stereocenters. The van der Waals surface area contributed by atoms with Gasteiger partial charge in [0.2, 0.25) is 11.8 Å². The molecule has 1 aliphatic heterocycles. The molecule has 2 amide bonds. The standard InChI is InChI=1S/C16H21N3O3S/c1-4-17-16(18-5-2)23-13-10-14(20)19(15(13)21)11-7-6-8-12(9-11)22-3/h6-9,13H,4-5,10H2,1-3H3,(H,17,18)/t13-/m1/s1. The first-order chi connectivity index (χ1) is 11.1. The summed E-state index contributed by atoms with van der Waals surface area (Å²) in [5, 5.41) is 3.39. The van der Waals surface area contributed by atoms with Crippen molar-refractivity contribution in [2.45, 2.75) is 25.5 Å². The van der Waals surface area contributed by atoms with E-state index in [1.165, 1.54) is 16.7 Å². The Kier molecular flexibility index (Phi) is 6.04. The molecule has 0 saturated carbocycles. The molecule has 0 radical (unpaired) electrons. The fourth-order valence-corrected chi connectivity index (χ4v) is 3.41. The molecule has 1 N–H and O–H groups in total. The monoisotopic (exact) mass is 335 g/mol. The van der Waals surface area contributed by atoms with Crippen LogP contribution in [0.1, 0.15) is 20.3 Å². The zero-order valence-corrected chi connectivity index (χ0v) is 14.4. The van der Waals surface area contributed by atoms with Crippen LogP contribution in [0, 0.1) is 0 Å². The highest BCUT2D eigenvalue weighted by molar-refractivity contribution is 8.15. The van der Waals surface area contributed by atoms with Crippen molar-refractivity contribution in [3.63, 3.8) is 0 Å². The Morgan fingerprint density at radius 3 is 2.87 bits per heavy atom. The van der Waals surface area contributed by atoms with Crippen LogP contribution in [0.4, 0.5) is 5.69 Å². The van der Waals surface area contributed by atoms with Crippen molar-refractivity contribution in [3.8, 4) is 5.75 Å². The van der Waals surface area contributed by atoms with Gasteiger partial charge in [0.15, 0.2) is 5.17 Å². The van der Waals surface area contributed by atoms with Crippen molar-refractivity contribution in [2.24, 2.45) is 4.99 Å². The number of hydrogen-bond acceptors (Lipinski definition) is 5. The van der Waals surface area contributed by atoms with Gasteiger partial charge in [-0.3, -0.25) is 14.6 Å². The van der Waals surface area contributed by atoms with Crippen molar-refractivity contribution in [3.05, 3.63) is 24.3 Å². The lowest BCUT2D eigenvalue weighted by atomic mass is 10.3. The second kappa shape index (κ2) is 8.01. The lowest BCUT2D eigenvalue weighted by Gasteiger charge is -2.16. The molecule has 0 aliphatic carbocycles. The molecule has 23 heavy (non-hydrogen) atoms. The Labute approximate surface area is 140 Å². The number of thioether (sulfide) groups is 1. The molecule has 1 fully saturated rings. The van der Waals surface area contributed by atoms with Gasteiger partial charge in [-0.25, -0.2) is 4.90 Å². The topological polar surface area (TPSA) is 71.0 Å². The van der Waals surface area contributed by atoms with E-state index in [9.17, 15) is 9.59 Å². The van der Waals surface area contributed by atoms with Crippen LogP contribution in [0.15, 0.2) is 29.3 Å². The van der Waals surface area contributed by atoms with Gasteiger partial charge >= 0.3 is 0 Å². The minimum Gasteiger partial charge on any atom is -0.497 e. The third-order valence-electron chi connectivity index (χ3n) is 3.30. The highest BCUT2D eigenvalue weighted by Crippen LogP contribution is 2.31. The molecule has 0 spiro atoms. The van der Waals surface area contributed by atoms with E-state index in [1.54, 1.807) is 31.4 Å². The van der Waals surface area contributed by atoms with Gasteiger partial charge in [0.25, 0.3) is 0 Å². The molecule has 7 heteroatoms. The molecule has 6 nitrogen and oxygen atoms in total. The summed E-state index contributed by atoms with van der Waals surface area (Å²) in [7, 11) is 1.55. The first kappa shape index (κ1) is 17.3. The Morgan fingerprint density at radius 2 is 2.22 bits per heavy atom. The van der Waals surface area contributed by atoms with Crippen molar-refractivity contribution >= 4 is 34.4 Å². The maximum absolute atomic E-state index is 12.6. The van der Waals surface area contributed by atoms with Gasteiger partial charge < -0.3 is 10.1 Å². The quantitative estimate of drug-likeness (QED) is 0.506. The number of hydrogen-bond donors (Lipinski definition) is 1. The van der Waals surface area contributed by atoms with Gasteiger partial charge in [0.05, 0.1) is 12.8 Å². The van der Waals surface area contributed by atoms with Crippen LogP contribution in [-0.4, -0.2) is 42.4 Å². The summed E-state index contributed by atoms with van der Waals surface area (Å²) >= 11 is 1.32. The molecule has 2 rings (SSSR count). The highest BCUT2D eigenvalue weighted by atomic mass is 32.2. The van der Waals surface area contributed by atoms with E-state index >= 15 is 0 Å². The fraction of sp³-hybridized carbons (Fsp3) is 0.438. The first-order valence-corrected chi connectivity index (χ1v) is 8.44. The number of rotatable bonds is 5. The van der Waals surface area contributed by atoms with Gasteiger partial charge in [0, 0.05) is 25.6 Å². The number of anilines is 1. The summed E-state index contributed by atoms with van der Waals surface area (Å²) in [4.78, 5) is 30.5. The van der Waals surface area contributed by atoms with Crippen LogP contribution >= 0.6 is 11.8 Å². The molecular formula is C16H21N3O3S. The van der Waals surface area contributed by atoms with E-state index in [4.69, 9.17) is 4.74 Å². The molecule has 0 bridgehead atoms. The van der Waals surface area contributed by atoms with Gasteiger partial charge in [-0.1, -0.05) is 17.8 Å². The van der Waals surface area contributed by atoms with Crippen molar-refractivity contribution in [2.75, 3.05) is 25.1 Å². The third kappa shape index (κ3) is 4.04. The molecule has 124 valence electrons. The van der Waals surface area contributed by atoms with Crippen LogP contribution in [-0.2, 0) is 9.59 Å². The smallest absolute Gasteiger partial charge is 0.247 e. The number of ether oxygens (including phenoxy) is 1. The molecular weight excluding hydrogens is 314 g/mol. The van der Waals surface area contributed by atoms with E-state index in [0.717, 1.165) is 6.54 Å². The number of nitrogens with one attached hydrogen (secondary N) is 1. The fourth-order valence-electron chi connectivity index (χ4n) is 2.28. The van der Waals surface area contributed by atoms with E-state index in [2.05, 4.69) is 10.3 Å². The molecule has 0 aromatic heterocycles. The molecule has 1 heterocycles. The Balaban J connectivity index is 2.17. The highest BCUT2D eigenvalue weighted by Gasteiger charge is 2.40. The minimum absolute atomic E-state index is 0.175. The van der Waals surface area contributed by atoms with Crippen molar-refractivity contribution in [1.29, 1.82) is 0 Å². The van der Waals surface area contributed by atoms with Crippen LogP contribution in [0.5, 0.6) is 5.75 Å². The summed E-state index contributed by atoms with van der Waals surface area (Å²) in [5.41, 5.74) is 0.542. The summed E-state index contributed by atoms with van der Waals surface area (Å²) in [6, 6.07) is 6.96. The van der Waals surface area contributed by atoms with Crippen LogP contribution in [0.3, 0.4) is 0 Å². The molecule has 1 saturated heterocycles. The summed E-state index contributed by atoms with van der Waals surface area (Å²) in [5.74, 6) is 0.197. The predicted octanol–water partition coefficient (Wildman–Crippen LogP) is 2.05. The maximum atomic E-state index is 12.6. The van der Waals surface area contributed by atoms with Crippen molar-refractivity contribution in [1.82, 2.24) is 5.32 Å². The van der Waals surface area contributed by atoms with E-state index in [-0.39, 0.29) is 18.2 Å². The molecule has 1 aromatic carbocycles. The number of nitrogens with zero attached hydrogens (tertiary/aromatic N) is 2. The average Bonchev–Trinajstić information content (AvgIpc) is 2.82. The third-order valence-corrected chi connectivity index (χ3v) is 4.45. The van der Waals surface area contributed by atoms with Crippen LogP contribution in [0.2, 0.25) is 0 Å². The Bertz CT molecular complexity index is 618. The second-order valence-electron chi connectivity index (χ2n) is 4.89. The number of amides is 2. The average molecular weight is 335 g/mol. The number of amidine groups is 1. The van der Waals surface area contributed by atoms with E-state index in [0.29, 0.717) is 23.1 Å².